The molecule has 0 aliphatic carbocycles. The van der Waals surface area contributed by atoms with Crippen molar-refractivity contribution in [3.05, 3.63) is 54.6 Å². The van der Waals surface area contributed by atoms with Crippen LogP contribution in [0.3, 0.4) is 0 Å². The minimum atomic E-state index is -3.29. The second kappa shape index (κ2) is 8.55. The highest BCUT2D eigenvalue weighted by Gasteiger charge is 2.15. The zero-order valence-corrected chi connectivity index (χ0v) is 16.6. The van der Waals surface area contributed by atoms with Gasteiger partial charge in [-0.05, 0) is 24.3 Å². The van der Waals surface area contributed by atoms with Crippen molar-refractivity contribution in [1.82, 2.24) is 20.2 Å². The molecule has 146 valence electrons. The standard InChI is InChI=1S/C18H18N4O4S2/c1-28(25,26)15-9-7-14(8-10-15)22-17(13-5-3-2-4-6-13)19-18(20-22)27-12-11-16(23)21-24/h2-10,24H,11-12H2,1H3,(H,21,23). The number of hydroxylamine groups is 1. The summed E-state index contributed by atoms with van der Waals surface area (Å²) in [6.07, 6.45) is 1.28. The second-order valence-electron chi connectivity index (χ2n) is 5.90. The van der Waals surface area contributed by atoms with Gasteiger partial charge in [0, 0.05) is 24.0 Å². The van der Waals surface area contributed by atoms with E-state index in [9.17, 15) is 13.2 Å². The molecule has 0 spiro atoms. The van der Waals surface area contributed by atoms with Crippen molar-refractivity contribution in [2.45, 2.75) is 16.5 Å². The molecule has 2 N–H and O–H groups in total. The summed E-state index contributed by atoms with van der Waals surface area (Å²) in [4.78, 5) is 15.9. The molecule has 8 nitrogen and oxygen atoms in total. The Morgan fingerprint density at radius 3 is 2.43 bits per heavy atom. The van der Waals surface area contributed by atoms with Gasteiger partial charge in [-0.2, -0.15) is 0 Å². The van der Waals surface area contributed by atoms with Crippen molar-refractivity contribution in [3.63, 3.8) is 0 Å². The smallest absolute Gasteiger partial charge is 0.244 e. The van der Waals surface area contributed by atoms with Crippen LogP contribution in [0.5, 0.6) is 0 Å². The van der Waals surface area contributed by atoms with Gasteiger partial charge in [0.05, 0.1) is 10.6 Å². The van der Waals surface area contributed by atoms with Gasteiger partial charge in [0.15, 0.2) is 15.7 Å². The highest BCUT2D eigenvalue weighted by Crippen LogP contribution is 2.25. The molecule has 0 atom stereocenters. The van der Waals surface area contributed by atoms with E-state index < -0.39 is 15.7 Å². The van der Waals surface area contributed by atoms with Crippen LogP contribution in [0.1, 0.15) is 6.42 Å². The van der Waals surface area contributed by atoms with Crippen LogP contribution in [0.25, 0.3) is 17.1 Å². The molecule has 1 aromatic heterocycles. The molecule has 1 heterocycles. The highest BCUT2D eigenvalue weighted by atomic mass is 32.2. The molecule has 2 aromatic carbocycles. The molecule has 1 amide bonds. The molecular weight excluding hydrogens is 400 g/mol. The molecule has 28 heavy (non-hydrogen) atoms. The fourth-order valence-electron chi connectivity index (χ4n) is 2.43. The maximum atomic E-state index is 11.7. The largest absolute Gasteiger partial charge is 0.289 e. The number of carbonyl (C=O) groups is 1. The van der Waals surface area contributed by atoms with Crippen molar-refractivity contribution in [1.29, 1.82) is 0 Å². The number of thioether (sulfide) groups is 1. The first-order valence-electron chi connectivity index (χ1n) is 8.27. The molecule has 0 saturated heterocycles. The zero-order valence-electron chi connectivity index (χ0n) is 14.9. The van der Waals surface area contributed by atoms with Gasteiger partial charge in [0.25, 0.3) is 0 Å². The number of sulfone groups is 1. The Morgan fingerprint density at radius 2 is 1.82 bits per heavy atom. The Kier molecular flexibility index (Phi) is 6.12. The van der Waals surface area contributed by atoms with E-state index in [1.807, 2.05) is 30.3 Å². The van der Waals surface area contributed by atoms with Crippen LogP contribution in [-0.2, 0) is 14.6 Å². The lowest BCUT2D eigenvalue weighted by atomic mass is 10.2. The maximum Gasteiger partial charge on any atom is 0.244 e. The number of benzene rings is 2. The Hall–Kier alpha value is -2.69. The lowest BCUT2D eigenvalue weighted by Crippen LogP contribution is -2.18. The average Bonchev–Trinajstić information content (AvgIpc) is 3.12. The molecule has 0 bridgehead atoms. The van der Waals surface area contributed by atoms with Crippen molar-refractivity contribution in [2.75, 3.05) is 12.0 Å². The number of nitrogens with one attached hydrogen (secondary N) is 1. The van der Waals surface area contributed by atoms with E-state index >= 15 is 0 Å². The number of rotatable bonds is 7. The molecule has 3 aromatic rings. The minimum absolute atomic E-state index is 0.124. The van der Waals surface area contributed by atoms with Crippen LogP contribution in [0.15, 0.2) is 64.6 Å². The van der Waals surface area contributed by atoms with E-state index in [2.05, 4.69) is 10.1 Å². The molecular formula is C18H18N4O4S2. The van der Waals surface area contributed by atoms with Crippen molar-refractivity contribution in [2.24, 2.45) is 0 Å². The Labute approximate surface area is 166 Å². The van der Waals surface area contributed by atoms with E-state index in [1.54, 1.807) is 22.3 Å². The van der Waals surface area contributed by atoms with E-state index in [0.717, 1.165) is 11.8 Å². The zero-order chi connectivity index (χ0) is 20.1. The lowest BCUT2D eigenvalue weighted by molar-refractivity contribution is -0.128. The number of amides is 1. The van der Waals surface area contributed by atoms with Crippen LogP contribution in [0.4, 0.5) is 0 Å². The van der Waals surface area contributed by atoms with Gasteiger partial charge >= 0.3 is 0 Å². The van der Waals surface area contributed by atoms with Gasteiger partial charge in [-0.15, -0.1) is 5.10 Å². The molecule has 0 radical (unpaired) electrons. The van der Waals surface area contributed by atoms with Gasteiger partial charge in [0.2, 0.25) is 11.1 Å². The lowest BCUT2D eigenvalue weighted by Gasteiger charge is -2.06. The van der Waals surface area contributed by atoms with Gasteiger partial charge in [-0.3, -0.25) is 10.0 Å². The van der Waals surface area contributed by atoms with Crippen molar-refractivity contribution in [3.8, 4) is 17.1 Å². The van der Waals surface area contributed by atoms with Gasteiger partial charge in [-0.25, -0.2) is 23.6 Å². The molecule has 0 fully saturated rings. The highest BCUT2D eigenvalue weighted by molar-refractivity contribution is 7.99. The first-order valence-corrected chi connectivity index (χ1v) is 11.1. The minimum Gasteiger partial charge on any atom is -0.289 e. The van der Waals surface area contributed by atoms with Gasteiger partial charge in [-0.1, -0.05) is 42.1 Å². The maximum absolute atomic E-state index is 11.7. The number of nitrogens with zero attached hydrogens (tertiary/aromatic N) is 3. The third-order valence-corrected chi connectivity index (χ3v) is 5.78. The summed E-state index contributed by atoms with van der Waals surface area (Å²) in [5.41, 5.74) is 3.10. The van der Waals surface area contributed by atoms with Crippen LogP contribution in [-0.4, -0.2) is 46.3 Å². The monoisotopic (exact) mass is 418 g/mol. The SMILES string of the molecule is CS(=O)(=O)c1ccc(-n2nc(SCCC(=O)NO)nc2-c2ccccc2)cc1. The number of hydrogen-bond donors (Lipinski definition) is 2. The number of hydrogen-bond acceptors (Lipinski definition) is 7. The molecule has 10 heteroatoms. The molecule has 0 aliphatic heterocycles. The van der Waals surface area contributed by atoms with Crippen LogP contribution >= 0.6 is 11.8 Å². The summed E-state index contributed by atoms with van der Waals surface area (Å²) in [7, 11) is -3.29. The Balaban J connectivity index is 1.95. The quantitative estimate of drug-likeness (QED) is 0.344. The molecule has 0 saturated carbocycles. The first-order chi connectivity index (χ1) is 13.4. The summed E-state index contributed by atoms with van der Waals surface area (Å²) in [5.74, 6) is 0.519. The van der Waals surface area contributed by atoms with E-state index in [0.29, 0.717) is 22.4 Å². The van der Waals surface area contributed by atoms with Gasteiger partial charge < -0.3 is 0 Å². The van der Waals surface area contributed by atoms with Crippen molar-refractivity contribution >= 4 is 27.5 Å². The summed E-state index contributed by atoms with van der Waals surface area (Å²) >= 11 is 1.28. The van der Waals surface area contributed by atoms with Crippen LogP contribution in [0.2, 0.25) is 0 Å². The summed E-state index contributed by atoms with van der Waals surface area (Å²) in [5, 5.41) is 13.5. The predicted octanol–water partition coefficient (Wildman–Crippen LogP) is 2.33. The van der Waals surface area contributed by atoms with E-state index in [1.165, 1.54) is 23.9 Å². The third-order valence-electron chi connectivity index (χ3n) is 3.81. The fourth-order valence-corrected chi connectivity index (χ4v) is 3.82. The second-order valence-corrected chi connectivity index (χ2v) is 8.97. The summed E-state index contributed by atoms with van der Waals surface area (Å²) in [6.45, 7) is 0. The normalized spacial score (nSPS) is 11.4. The van der Waals surface area contributed by atoms with Crippen LogP contribution < -0.4 is 5.48 Å². The van der Waals surface area contributed by atoms with E-state index in [4.69, 9.17) is 5.21 Å². The summed E-state index contributed by atoms with van der Waals surface area (Å²) in [6, 6.07) is 15.9. The Morgan fingerprint density at radius 1 is 1.14 bits per heavy atom. The van der Waals surface area contributed by atoms with Crippen molar-refractivity contribution < 1.29 is 18.4 Å². The van der Waals surface area contributed by atoms with Gasteiger partial charge in [0.1, 0.15) is 0 Å². The number of aromatic nitrogens is 3. The fraction of sp³-hybridized carbons (Fsp3) is 0.167. The average molecular weight is 419 g/mol. The molecule has 3 rings (SSSR count). The first kappa shape index (κ1) is 20.1. The van der Waals surface area contributed by atoms with Crippen LogP contribution in [0, 0.1) is 0 Å². The topological polar surface area (TPSA) is 114 Å². The predicted molar refractivity (Wildman–Crippen MR) is 105 cm³/mol. The number of carbonyl (C=O) groups excluding carboxylic acids is 1. The summed E-state index contributed by atoms with van der Waals surface area (Å²) < 4.78 is 25.0. The third kappa shape index (κ3) is 4.77. The van der Waals surface area contributed by atoms with E-state index in [-0.39, 0.29) is 11.3 Å². The molecule has 0 unspecified atom stereocenters. The Bertz CT molecular complexity index is 1060. The molecule has 0 aliphatic rings.